The quantitative estimate of drug-likeness (QED) is 0.861. The molecule has 4 heteroatoms. The third kappa shape index (κ3) is 2.58. The number of anilines is 1. The summed E-state index contributed by atoms with van der Waals surface area (Å²) in [5.41, 5.74) is 0.954. The lowest BCUT2D eigenvalue weighted by Crippen LogP contribution is -2.23. The molecule has 2 N–H and O–H groups in total. The van der Waals surface area contributed by atoms with Gasteiger partial charge in [-0.3, -0.25) is 0 Å². The zero-order chi connectivity index (χ0) is 13.1. The fraction of sp³-hybridized carbons (Fsp3) is 0.500. The molecular weight excluding hydrogens is 230 g/mol. The van der Waals surface area contributed by atoms with E-state index in [1.807, 2.05) is 0 Å². The van der Waals surface area contributed by atoms with E-state index < -0.39 is 5.97 Å². The molecular formula is C14H19NO3. The SMILES string of the molecule is COc1ccc(C(=O)O)c(NC2CCCC2C)c1. The van der Waals surface area contributed by atoms with Gasteiger partial charge in [0.1, 0.15) is 5.75 Å². The van der Waals surface area contributed by atoms with E-state index in [2.05, 4.69) is 12.2 Å². The molecule has 2 atom stereocenters. The normalized spacial score (nSPS) is 22.8. The Bertz CT molecular complexity index is 445. The molecule has 1 aliphatic rings. The monoisotopic (exact) mass is 249 g/mol. The molecule has 0 spiro atoms. The Kier molecular flexibility index (Phi) is 3.75. The molecule has 1 saturated carbocycles. The Morgan fingerprint density at radius 2 is 2.22 bits per heavy atom. The first-order valence-electron chi connectivity index (χ1n) is 6.29. The number of nitrogens with one attached hydrogen (secondary N) is 1. The second-order valence-corrected chi connectivity index (χ2v) is 4.88. The number of carbonyl (C=O) groups is 1. The molecule has 1 aliphatic carbocycles. The Balaban J connectivity index is 2.25. The molecule has 4 nitrogen and oxygen atoms in total. The Hall–Kier alpha value is -1.71. The molecule has 1 fully saturated rings. The number of hydrogen-bond acceptors (Lipinski definition) is 3. The number of benzene rings is 1. The van der Waals surface area contributed by atoms with Crippen molar-refractivity contribution in [2.45, 2.75) is 32.2 Å². The average Bonchev–Trinajstić information content (AvgIpc) is 2.74. The summed E-state index contributed by atoms with van der Waals surface area (Å²) in [5, 5.41) is 12.5. The van der Waals surface area contributed by atoms with Crippen molar-refractivity contribution >= 4 is 11.7 Å². The highest BCUT2D eigenvalue weighted by molar-refractivity contribution is 5.94. The maximum Gasteiger partial charge on any atom is 0.337 e. The van der Waals surface area contributed by atoms with Crippen LogP contribution in [0.1, 0.15) is 36.5 Å². The van der Waals surface area contributed by atoms with E-state index in [0.29, 0.717) is 29.0 Å². The van der Waals surface area contributed by atoms with Crippen LogP contribution in [0.4, 0.5) is 5.69 Å². The van der Waals surface area contributed by atoms with Gasteiger partial charge in [-0.1, -0.05) is 13.3 Å². The van der Waals surface area contributed by atoms with Gasteiger partial charge in [-0.2, -0.15) is 0 Å². The molecule has 2 unspecified atom stereocenters. The lowest BCUT2D eigenvalue weighted by atomic mass is 10.0. The largest absolute Gasteiger partial charge is 0.497 e. The zero-order valence-corrected chi connectivity index (χ0v) is 10.8. The maximum absolute atomic E-state index is 11.2. The van der Waals surface area contributed by atoms with Gasteiger partial charge in [0, 0.05) is 12.1 Å². The highest BCUT2D eigenvalue weighted by Crippen LogP contribution is 2.30. The molecule has 1 aromatic carbocycles. The van der Waals surface area contributed by atoms with E-state index in [-0.39, 0.29) is 0 Å². The first kappa shape index (κ1) is 12.7. The van der Waals surface area contributed by atoms with Crippen molar-refractivity contribution in [2.24, 2.45) is 5.92 Å². The van der Waals surface area contributed by atoms with Gasteiger partial charge in [0.2, 0.25) is 0 Å². The number of methoxy groups -OCH3 is 1. The predicted octanol–water partition coefficient (Wildman–Crippen LogP) is 2.99. The molecule has 0 aliphatic heterocycles. The van der Waals surface area contributed by atoms with Crippen LogP contribution in [0.15, 0.2) is 18.2 Å². The summed E-state index contributed by atoms with van der Waals surface area (Å²) in [6.45, 7) is 2.20. The van der Waals surface area contributed by atoms with Crippen molar-refractivity contribution in [3.05, 3.63) is 23.8 Å². The van der Waals surface area contributed by atoms with E-state index in [4.69, 9.17) is 4.74 Å². The van der Waals surface area contributed by atoms with Gasteiger partial charge in [-0.25, -0.2) is 4.79 Å². The predicted molar refractivity (Wildman–Crippen MR) is 70.4 cm³/mol. The summed E-state index contributed by atoms with van der Waals surface area (Å²) >= 11 is 0. The van der Waals surface area contributed by atoms with Crippen LogP contribution in [-0.2, 0) is 0 Å². The first-order valence-corrected chi connectivity index (χ1v) is 6.29. The number of aromatic carboxylic acids is 1. The first-order chi connectivity index (χ1) is 8.61. The highest BCUT2D eigenvalue weighted by atomic mass is 16.5. The number of carboxylic acids is 1. The minimum atomic E-state index is -0.911. The molecule has 2 rings (SSSR count). The van der Waals surface area contributed by atoms with Crippen molar-refractivity contribution < 1.29 is 14.6 Å². The fourth-order valence-corrected chi connectivity index (χ4v) is 2.52. The minimum Gasteiger partial charge on any atom is -0.497 e. The number of carboxylic acid groups (broad SMARTS) is 1. The van der Waals surface area contributed by atoms with Gasteiger partial charge in [0.15, 0.2) is 0 Å². The molecule has 1 aromatic rings. The van der Waals surface area contributed by atoms with Gasteiger partial charge in [-0.05, 0) is 30.9 Å². The van der Waals surface area contributed by atoms with Gasteiger partial charge in [-0.15, -0.1) is 0 Å². The van der Waals surface area contributed by atoms with Crippen LogP contribution in [0.5, 0.6) is 5.75 Å². The number of ether oxygens (including phenoxy) is 1. The average molecular weight is 249 g/mol. The third-order valence-electron chi connectivity index (χ3n) is 3.66. The van der Waals surface area contributed by atoms with Crippen LogP contribution in [0.2, 0.25) is 0 Å². The highest BCUT2D eigenvalue weighted by Gasteiger charge is 2.24. The molecule has 0 radical (unpaired) electrons. The van der Waals surface area contributed by atoms with Crippen LogP contribution in [0.3, 0.4) is 0 Å². The summed E-state index contributed by atoms with van der Waals surface area (Å²) in [4.78, 5) is 11.2. The third-order valence-corrected chi connectivity index (χ3v) is 3.66. The molecule has 98 valence electrons. The lowest BCUT2D eigenvalue weighted by Gasteiger charge is -2.20. The maximum atomic E-state index is 11.2. The van der Waals surface area contributed by atoms with E-state index in [1.165, 1.54) is 12.8 Å². The van der Waals surface area contributed by atoms with Crippen molar-refractivity contribution in [1.82, 2.24) is 0 Å². The molecule has 0 aromatic heterocycles. The Morgan fingerprint density at radius 1 is 1.44 bits per heavy atom. The van der Waals surface area contributed by atoms with Crippen LogP contribution in [0, 0.1) is 5.92 Å². The van der Waals surface area contributed by atoms with Gasteiger partial charge in [0.25, 0.3) is 0 Å². The van der Waals surface area contributed by atoms with Gasteiger partial charge < -0.3 is 15.2 Å². The summed E-state index contributed by atoms with van der Waals surface area (Å²) < 4.78 is 5.15. The van der Waals surface area contributed by atoms with E-state index in [9.17, 15) is 9.90 Å². The topological polar surface area (TPSA) is 58.6 Å². The van der Waals surface area contributed by atoms with Gasteiger partial charge >= 0.3 is 5.97 Å². The van der Waals surface area contributed by atoms with Crippen LogP contribution >= 0.6 is 0 Å². The van der Waals surface area contributed by atoms with Crippen molar-refractivity contribution in [3.63, 3.8) is 0 Å². The van der Waals surface area contributed by atoms with Crippen LogP contribution in [0.25, 0.3) is 0 Å². The smallest absolute Gasteiger partial charge is 0.337 e. The molecule has 0 bridgehead atoms. The summed E-state index contributed by atoms with van der Waals surface area (Å²) in [5.74, 6) is 0.344. The number of rotatable bonds is 4. The van der Waals surface area contributed by atoms with Crippen LogP contribution < -0.4 is 10.1 Å². The second-order valence-electron chi connectivity index (χ2n) is 4.88. The standard InChI is InChI=1S/C14H19NO3/c1-9-4-3-5-12(9)15-13-8-10(18-2)6-7-11(13)14(16)17/h6-9,12,15H,3-5H2,1-2H3,(H,16,17). The van der Waals surface area contributed by atoms with Crippen molar-refractivity contribution in [1.29, 1.82) is 0 Å². The fourth-order valence-electron chi connectivity index (χ4n) is 2.52. The second kappa shape index (κ2) is 5.29. The van der Waals surface area contributed by atoms with Crippen molar-refractivity contribution in [2.75, 3.05) is 12.4 Å². The summed E-state index contributed by atoms with van der Waals surface area (Å²) in [6.07, 6.45) is 3.49. The van der Waals surface area contributed by atoms with E-state index in [1.54, 1.807) is 25.3 Å². The summed E-state index contributed by atoms with van der Waals surface area (Å²) in [7, 11) is 1.58. The minimum absolute atomic E-state index is 0.301. The van der Waals surface area contributed by atoms with E-state index in [0.717, 1.165) is 6.42 Å². The Labute approximate surface area is 107 Å². The molecule has 0 heterocycles. The molecule has 0 saturated heterocycles. The van der Waals surface area contributed by atoms with E-state index >= 15 is 0 Å². The lowest BCUT2D eigenvalue weighted by molar-refractivity contribution is 0.0698. The Morgan fingerprint density at radius 3 is 2.78 bits per heavy atom. The van der Waals surface area contributed by atoms with Gasteiger partial charge in [0.05, 0.1) is 18.4 Å². The zero-order valence-electron chi connectivity index (χ0n) is 10.8. The van der Waals surface area contributed by atoms with Crippen molar-refractivity contribution in [3.8, 4) is 5.75 Å². The number of hydrogen-bond donors (Lipinski definition) is 2. The molecule has 0 amide bonds. The van der Waals surface area contributed by atoms with Crippen LogP contribution in [-0.4, -0.2) is 24.2 Å². The molecule has 18 heavy (non-hydrogen) atoms. The summed E-state index contributed by atoms with van der Waals surface area (Å²) in [6, 6.07) is 5.37.